The monoisotopic (exact) mass is 467 g/mol. The number of benzene rings is 2. The molecule has 0 spiro atoms. The molecule has 1 heterocycles. The molecule has 1 N–H and O–H groups in total. The Kier molecular flexibility index (Phi) is 5.16. The van der Waals surface area contributed by atoms with Gasteiger partial charge in [-0.3, -0.25) is 0 Å². The molecule has 0 aliphatic carbocycles. The fourth-order valence-electron chi connectivity index (χ4n) is 2.60. The molecule has 0 amide bonds. The van der Waals surface area contributed by atoms with Crippen LogP contribution in [0.1, 0.15) is 26.3 Å². The summed E-state index contributed by atoms with van der Waals surface area (Å²) in [5.74, 6) is -1.05. The van der Waals surface area contributed by atoms with E-state index >= 15 is 0 Å². The number of carbonyl (C=O) groups excluding carboxylic acids is 1. The number of fused-ring (bicyclic) bond motifs is 1. The van der Waals surface area contributed by atoms with Crippen molar-refractivity contribution in [2.45, 2.75) is 31.3 Å². The van der Waals surface area contributed by atoms with Crippen molar-refractivity contribution in [1.29, 1.82) is 0 Å². The Morgan fingerprint density at radius 1 is 1.07 bits per heavy atom. The van der Waals surface area contributed by atoms with Gasteiger partial charge in [0.05, 0.1) is 10.6 Å². The molecule has 0 saturated heterocycles. The van der Waals surface area contributed by atoms with Gasteiger partial charge in [-0.25, -0.2) is 13.2 Å². The Balaban J connectivity index is 2.21. The van der Waals surface area contributed by atoms with Crippen molar-refractivity contribution in [1.82, 2.24) is 0 Å². The second kappa shape index (κ2) is 7.14. The number of para-hydroxylation sites is 1. The van der Waals surface area contributed by atoms with Crippen LogP contribution in [-0.2, 0) is 19.5 Å². The minimum atomic E-state index is -4.18. The van der Waals surface area contributed by atoms with Crippen molar-refractivity contribution in [2.75, 3.05) is 4.31 Å². The number of aliphatic hydroxyl groups is 1. The summed E-state index contributed by atoms with van der Waals surface area (Å²) in [6.45, 7) is 4.92. The zero-order chi connectivity index (χ0) is 20.7. The molecule has 0 atom stereocenters. The van der Waals surface area contributed by atoms with E-state index in [9.17, 15) is 18.3 Å². The van der Waals surface area contributed by atoms with Gasteiger partial charge in [0.2, 0.25) is 0 Å². The van der Waals surface area contributed by atoms with Crippen molar-refractivity contribution in [3.8, 4) is 0 Å². The van der Waals surface area contributed by atoms with Gasteiger partial charge in [0.15, 0.2) is 5.76 Å². The van der Waals surface area contributed by atoms with Gasteiger partial charge in [0.1, 0.15) is 5.60 Å². The third kappa shape index (κ3) is 3.72. The molecule has 28 heavy (non-hydrogen) atoms. The third-order valence-electron chi connectivity index (χ3n) is 3.69. The van der Waals surface area contributed by atoms with E-state index in [2.05, 4.69) is 15.9 Å². The predicted octanol–water partition coefficient (Wildman–Crippen LogP) is 4.79. The molecule has 0 saturated carbocycles. The Morgan fingerprint density at radius 2 is 1.68 bits per heavy atom. The van der Waals surface area contributed by atoms with Gasteiger partial charge in [-0.1, -0.05) is 24.3 Å². The van der Waals surface area contributed by atoms with Gasteiger partial charge in [0.25, 0.3) is 15.9 Å². The first-order chi connectivity index (χ1) is 13.0. The Morgan fingerprint density at radius 3 is 2.32 bits per heavy atom. The van der Waals surface area contributed by atoms with Gasteiger partial charge in [-0.05, 0) is 61.0 Å². The summed E-state index contributed by atoms with van der Waals surface area (Å²) in [7, 11) is -4.18. The van der Waals surface area contributed by atoms with Gasteiger partial charge in [-0.15, -0.1) is 0 Å². The predicted molar refractivity (Wildman–Crippen MR) is 107 cm³/mol. The number of carbonyl (C=O) groups is 1. The van der Waals surface area contributed by atoms with Gasteiger partial charge >= 0.3 is 6.16 Å². The number of hydrogen-bond donors (Lipinski definition) is 1. The van der Waals surface area contributed by atoms with Crippen LogP contribution in [0.3, 0.4) is 0 Å². The fraction of sp³-hybridized carbons (Fsp3) is 0.211. The first-order valence-electron chi connectivity index (χ1n) is 8.26. The average molecular weight is 468 g/mol. The molecule has 1 aliphatic rings. The molecule has 2 aromatic carbocycles. The van der Waals surface area contributed by atoms with E-state index < -0.39 is 33.4 Å². The summed E-state index contributed by atoms with van der Waals surface area (Å²) in [5, 5.41) is 10.7. The van der Waals surface area contributed by atoms with Crippen LogP contribution in [0.2, 0.25) is 0 Å². The molecular weight excluding hydrogens is 450 g/mol. The van der Waals surface area contributed by atoms with Crippen LogP contribution in [-0.4, -0.2) is 25.3 Å². The first kappa shape index (κ1) is 20.2. The second-order valence-corrected chi connectivity index (χ2v) is 9.55. The maximum Gasteiger partial charge on any atom is 0.515 e. The van der Waals surface area contributed by atoms with E-state index in [0.717, 1.165) is 4.31 Å². The molecule has 7 nitrogen and oxygen atoms in total. The molecule has 0 fully saturated rings. The maximum absolute atomic E-state index is 13.3. The Hall–Kier alpha value is -2.52. The highest BCUT2D eigenvalue weighted by atomic mass is 79.9. The molecule has 0 bridgehead atoms. The van der Waals surface area contributed by atoms with E-state index in [-0.39, 0.29) is 16.1 Å². The molecular formula is C19H18BrNO6S. The fourth-order valence-corrected chi connectivity index (χ4v) is 4.83. The average Bonchev–Trinajstić information content (AvgIpc) is 2.59. The lowest BCUT2D eigenvalue weighted by atomic mass is 10.2. The highest BCUT2D eigenvalue weighted by Crippen LogP contribution is 2.41. The number of sulfonamides is 1. The summed E-state index contributed by atoms with van der Waals surface area (Å²) in [4.78, 5) is 12.1. The minimum Gasteiger partial charge on any atom is -0.503 e. The highest BCUT2D eigenvalue weighted by Gasteiger charge is 2.41. The molecule has 1 aliphatic heterocycles. The number of aliphatic hydroxyl groups excluding tert-OH is 1. The summed E-state index contributed by atoms with van der Waals surface area (Å²) < 4.78 is 38.1. The summed E-state index contributed by atoms with van der Waals surface area (Å²) in [5.41, 5.74) is -0.664. The lowest BCUT2D eigenvalue weighted by Crippen LogP contribution is -2.38. The number of anilines is 1. The number of ether oxygens (including phenoxy) is 2. The SMILES string of the molecule is CC(C)(C)OC(=O)OC1=C(O)c2ccccc2S(=O)(=O)N1c1ccccc1Br. The Bertz CT molecular complexity index is 1070. The van der Waals surface area contributed by atoms with E-state index in [1.165, 1.54) is 18.2 Å². The van der Waals surface area contributed by atoms with Crippen molar-refractivity contribution >= 4 is 43.6 Å². The van der Waals surface area contributed by atoms with Crippen molar-refractivity contribution in [3.63, 3.8) is 0 Å². The number of nitrogens with zero attached hydrogens (tertiary/aromatic N) is 1. The highest BCUT2D eigenvalue weighted by molar-refractivity contribution is 9.10. The van der Waals surface area contributed by atoms with Gasteiger partial charge in [-0.2, -0.15) is 4.31 Å². The lowest BCUT2D eigenvalue weighted by Gasteiger charge is -2.31. The molecule has 3 rings (SSSR count). The zero-order valence-corrected chi connectivity index (χ0v) is 17.7. The van der Waals surface area contributed by atoms with Crippen LogP contribution >= 0.6 is 15.9 Å². The molecule has 9 heteroatoms. The molecule has 0 aromatic heterocycles. The van der Waals surface area contributed by atoms with Gasteiger partial charge < -0.3 is 14.6 Å². The quantitative estimate of drug-likeness (QED) is 0.637. The van der Waals surface area contributed by atoms with Crippen LogP contribution in [0.15, 0.2) is 63.8 Å². The number of rotatable bonds is 2. The van der Waals surface area contributed by atoms with Crippen molar-refractivity contribution in [2.24, 2.45) is 0 Å². The standard InChI is InChI=1S/C19H18BrNO6S/c1-19(2,3)27-18(23)26-17-16(22)12-8-4-7-11-15(12)28(24,25)21(17)14-10-6-5-9-13(14)20/h4-11,22H,1-3H3. The van der Waals surface area contributed by atoms with E-state index in [4.69, 9.17) is 9.47 Å². The van der Waals surface area contributed by atoms with E-state index in [0.29, 0.717) is 4.47 Å². The van der Waals surface area contributed by atoms with Crippen LogP contribution in [0, 0.1) is 0 Å². The topological polar surface area (TPSA) is 93.1 Å². The third-order valence-corrected chi connectivity index (χ3v) is 6.11. The van der Waals surface area contributed by atoms with Crippen LogP contribution in [0.25, 0.3) is 5.76 Å². The van der Waals surface area contributed by atoms with E-state index in [1.807, 2.05) is 0 Å². The zero-order valence-electron chi connectivity index (χ0n) is 15.3. The smallest absolute Gasteiger partial charge is 0.503 e. The summed E-state index contributed by atoms with van der Waals surface area (Å²) >= 11 is 3.30. The molecule has 0 unspecified atom stereocenters. The van der Waals surface area contributed by atoms with Crippen LogP contribution < -0.4 is 4.31 Å². The second-order valence-electron chi connectivity index (χ2n) is 6.94. The number of halogens is 1. The summed E-state index contributed by atoms with van der Waals surface area (Å²) in [6, 6.07) is 12.4. The molecule has 148 valence electrons. The Labute approximate surface area is 171 Å². The van der Waals surface area contributed by atoms with Crippen LogP contribution in [0.4, 0.5) is 10.5 Å². The normalized spacial score (nSPS) is 15.8. The van der Waals surface area contributed by atoms with E-state index in [1.54, 1.807) is 51.1 Å². The number of hydrogen-bond acceptors (Lipinski definition) is 6. The van der Waals surface area contributed by atoms with Crippen LogP contribution in [0.5, 0.6) is 0 Å². The maximum atomic E-state index is 13.3. The summed E-state index contributed by atoms with van der Waals surface area (Å²) in [6.07, 6.45) is -1.14. The van der Waals surface area contributed by atoms with Gasteiger partial charge in [0, 0.05) is 10.0 Å². The lowest BCUT2D eigenvalue weighted by molar-refractivity contribution is 0.00583. The molecule has 0 radical (unpaired) electrons. The van der Waals surface area contributed by atoms with Crippen molar-refractivity contribution in [3.05, 3.63) is 64.5 Å². The van der Waals surface area contributed by atoms with Crippen molar-refractivity contribution < 1.29 is 27.8 Å². The first-order valence-corrected chi connectivity index (χ1v) is 10.5. The largest absolute Gasteiger partial charge is 0.515 e. The molecule has 2 aromatic rings. The minimum absolute atomic E-state index is 0.0318.